The molecule has 0 saturated heterocycles. The first kappa shape index (κ1) is 14.9. The van der Waals surface area contributed by atoms with Gasteiger partial charge in [0.1, 0.15) is 17.1 Å². The van der Waals surface area contributed by atoms with Crippen molar-refractivity contribution in [3.63, 3.8) is 0 Å². The highest BCUT2D eigenvalue weighted by Gasteiger charge is 2.18. The van der Waals surface area contributed by atoms with Crippen molar-refractivity contribution in [2.75, 3.05) is 11.9 Å². The minimum absolute atomic E-state index is 0.173. The molecule has 8 heteroatoms. The Kier molecular flexibility index (Phi) is 4.65. The molecule has 0 saturated carbocycles. The van der Waals surface area contributed by atoms with Crippen LogP contribution in [-0.2, 0) is 4.79 Å². The molecule has 2 N–H and O–H groups in total. The van der Waals surface area contributed by atoms with Gasteiger partial charge in [0.2, 0.25) is 5.91 Å². The van der Waals surface area contributed by atoms with Crippen molar-refractivity contribution in [2.45, 2.75) is 13.0 Å². The highest BCUT2D eigenvalue weighted by molar-refractivity contribution is 7.00. The number of halogens is 2. The number of carbonyl (C=O) groups is 1. The minimum atomic E-state index is -0.521. The Balaban J connectivity index is 2.28. The SMILES string of the molecule is C#CCNC(=O)C(C)Nc1c(Cl)cc(Cl)c2nsnc12. The van der Waals surface area contributed by atoms with E-state index < -0.39 is 6.04 Å². The Morgan fingerprint density at radius 2 is 2.15 bits per heavy atom. The molecule has 2 aromatic rings. The summed E-state index contributed by atoms with van der Waals surface area (Å²) in [6.07, 6.45) is 5.09. The normalized spacial score (nSPS) is 11.9. The smallest absolute Gasteiger partial charge is 0.242 e. The average molecular weight is 329 g/mol. The Bertz CT molecular complexity index is 695. The monoisotopic (exact) mass is 328 g/mol. The van der Waals surface area contributed by atoms with Crippen LogP contribution >= 0.6 is 34.9 Å². The fraction of sp³-hybridized carbons (Fsp3) is 0.250. The van der Waals surface area contributed by atoms with E-state index in [1.165, 1.54) is 0 Å². The molecule has 5 nitrogen and oxygen atoms in total. The fourth-order valence-corrected chi connectivity index (χ4v) is 2.75. The summed E-state index contributed by atoms with van der Waals surface area (Å²) >= 11 is 13.2. The van der Waals surface area contributed by atoms with Crippen molar-refractivity contribution in [3.8, 4) is 12.3 Å². The van der Waals surface area contributed by atoms with Gasteiger partial charge in [-0.25, -0.2) is 0 Å². The molecule has 1 amide bonds. The zero-order valence-corrected chi connectivity index (χ0v) is 12.7. The van der Waals surface area contributed by atoms with E-state index >= 15 is 0 Å². The summed E-state index contributed by atoms with van der Waals surface area (Å²) in [5.41, 5.74) is 1.63. The Morgan fingerprint density at radius 1 is 1.45 bits per heavy atom. The molecule has 1 heterocycles. The number of fused-ring (bicyclic) bond motifs is 1. The number of hydrogen-bond acceptors (Lipinski definition) is 5. The number of aromatic nitrogens is 2. The van der Waals surface area contributed by atoms with Gasteiger partial charge in [-0.1, -0.05) is 29.1 Å². The first-order valence-electron chi connectivity index (χ1n) is 5.62. The first-order valence-corrected chi connectivity index (χ1v) is 7.11. The number of nitrogens with one attached hydrogen (secondary N) is 2. The van der Waals surface area contributed by atoms with Crippen LogP contribution in [0.4, 0.5) is 5.69 Å². The maximum Gasteiger partial charge on any atom is 0.242 e. The molecule has 0 radical (unpaired) electrons. The van der Waals surface area contributed by atoms with Crippen LogP contribution in [0.3, 0.4) is 0 Å². The second-order valence-corrected chi connectivity index (χ2v) is 5.31. The van der Waals surface area contributed by atoms with Crippen LogP contribution < -0.4 is 10.6 Å². The molecular weight excluding hydrogens is 319 g/mol. The van der Waals surface area contributed by atoms with Crippen LogP contribution in [0.15, 0.2) is 6.07 Å². The van der Waals surface area contributed by atoms with E-state index in [-0.39, 0.29) is 12.5 Å². The largest absolute Gasteiger partial charge is 0.371 e. The lowest BCUT2D eigenvalue weighted by molar-refractivity contribution is -0.121. The van der Waals surface area contributed by atoms with E-state index in [9.17, 15) is 4.79 Å². The number of anilines is 1. The molecule has 1 aromatic carbocycles. The van der Waals surface area contributed by atoms with Crippen molar-refractivity contribution in [1.82, 2.24) is 14.1 Å². The summed E-state index contributed by atoms with van der Waals surface area (Å²) in [6, 6.07) is 1.05. The fourth-order valence-electron chi connectivity index (χ4n) is 1.58. The van der Waals surface area contributed by atoms with Gasteiger partial charge in [-0.2, -0.15) is 8.75 Å². The Hall–Kier alpha value is -1.55. The molecule has 1 atom stereocenters. The summed E-state index contributed by atoms with van der Waals surface area (Å²) in [5.74, 6) is 2.11. The molecule has 0 spiro atoms. The molecule has 0 aliphatic heterocycles. The topological polar surface area (TPSA) is 66.9 Å². The van der Waals surface area contributed by atoms with Gasteiger partial charge in [0.15, 0.2) is 0 Å². The zero-order chi connectivity index (χ0) is 14.7. The van der Waals surface area contributed by atoms with E-state index in [0.29, 0.717) is 26.8 Å². The van der Waals surface area contributed by atoms with E-state index in [0.717, 1.165) is 11.7 Å². The van der Waals surface area contributed by atoms with Crippen molar-refractivity contribution in [1.29, 1.82) is 0 Å². The van der Waals surface area contributed by atoms with Gasteiger partial charge in [0.25, 0.3) is 0 Å². The second-order valence-electron chi connectivity index (χ2n) is 3.96. The third kappa shape index (κ3) is 2.96. The van der Waals surface area contributed by atoms with Crippen LogP contribution in [0.1, 0.15) is 6.92 Å². The quantitative estimate of drug-likeness (QED) is 0.846. The lowest BCUT2D eigenvalue weighted by Gasteiger charge is -2.16. The number of hydrogen-bond donors (Lipinski definition) is 2. The summed E-state index contributed by atoms with van der Waals surface area (Å²) in [4.78, 5) is 11.8. The summed E-state index contributed by atoms with van der Waals surface area (Å²) in [5, 5.41) is 6.40. The molecule has 0 fully saturated rings. The molecule has 2 rings (SSSR count). The highest BCUT2D eigenvalue weighted by Crippen LogP contribution is 2.35. The van der Waals surface area contributed by atoms with Crippen LogP contribution in [0, 0.1) is 12.3 Å². The van der Waals surface area contributed by atoms with Crippen molar-refractivity contribution >= 4 is 57.6 Å². The predicted octanol–water partition coefficient (Wildman–Crippen LogP) is 2.55. The summed E-state index contributed by atoms with van der Waals surface area (Å²) < 4.78 is 8.24. The lowest BCUT2D eigenvalue weighted by atomic mass is 10.2. The third-order valence-electron chi connectivity index (χ3n) is 2.56. The van der Waals surface area contributed by atoms with Gasteiger partial charge in [0.05, 0.1) is 34.0 Å². The van der Waals surface area contributed by atoms with Crippen LogP contribution in [0.25, 0.3) is 11.0 Å². The molecule has 20 heavy (non-hydrogen) atoms. The first-order chi connectivity index (χ1) is 9.54. The number of nitrogens with zero attached hydrogens (tertiary/aromatic N) is 2. The molecule has 0 aliphatic rings. The standard InChI is InChI=1S/C12H10Cl2N4OS/c1-3-4-15-12(19)6(2)16-9-7(13)5-8(14)10-11(9)18-20-17-10/h1,5-6,16H,4H2,2H3,(H,15,19). The molecule has 1 unspecified atom stereocenters. The maximum atomic E-state index is 11.8. The van der Waals surface area contributed by atoms with Crippen LogP contribution in [0.5, 0.6) is 0 Å². The van der Waals surface area contributed by atoms with Crippen molar-refractivity contribution < 1.29 is 4.79 Å². The third-order valence-corrected chi connectivity index (χ3v) is 3.68. The van der Waals surface area contributed by atoms with Gasteiger partial charge >= 0.3 is 0 Å². The highest BCUT2D eigenvalue weighted by atomic mass is 35.5. The van der Waals surface area contributed by atoms with Gasteiger partial charge in [-0.15, -0.1) is 6.42 Å². The zero-order valence-electron chi connectivity index (χ0n) is 10.4. The molecule has 1 aromatic heterocycles. The van der Waals surface area contributed by atoms with Crippen molar-refractivity contribution in [3.05, 3.63) is 16.1 Å². The van der Waals surface area contributed by atoms with Gasteiger partial charge < -0.3 is 10.6 Å². The van der Waals surface area contributed by atoms with E-state index in [2.05, 4.69) is 25.3 Å². The number of amides is 1. The number of rotatable bonds is 4. The van der Waals surface area contributed by atoms with Crippen LogP contribution in [0.2, 0.25) is 10.0 Å². The predicted molar refractivity (Wildman–Crippen MR) is 82.4 cm³/mol. The van der Waals surface area contributed by atoms with Gasteiger partial charge in [-0.3, -0.25) is 4.79 Å². The molecule has 104 valence electrons. The number of carbonyl (C=O) groups excluding carboxylic acids is 1. The summed E-state index contributed by atoms with van der Waals surface area (Å²) in [6.45, 7) is 1.87. The van der Waals surface area contributed by atoms with E-state index in [4.69, 9.17) is 29.6 Å². The van der Waals surface area contributed by atoms with E-state index in [1.54, 1.807) is 13.0 Å². The maximum absolute atomic E-state index is 11.8. The van der Waals surface area contributed by atoms with Gasteiger partial charge in [0, 0.05) is 0 Å². The molecular formula is C12H10Cl2N4OS. The summed E-state index contributed by atoms with van der Waals surface area (Å²) in [7, 11) is 0. The van der Waals surface area contributed by atoms with E-state index in [1.807, 2.05) is 0 Å². The number of terminal acetylenes is 1. The Morgan fingerprint density at radius 3 is 2.85 bits per heavy atom. The van der Waals surface area contributed by atoms with Gasteiger partial charge in [-0.05, 0) is 13.0 Å². The van der Waals surface area contributed by atoms with Crippen molar-refractivity contribution in [2.24, 2.45) is 0 Å². The minimum Gasteiger partial charge on any atom is -0.371 e. The van der Waals surface area contributed by atoms with Crippen LogP contribution in [-0.4, -0.2) is 27.2 Å². The Labute approximate surface area is 130 Å². The molecule has 0 aliphatic carbocycles. The molecule has 0 bridgehead atoms. The second kappa shape index (κ2) is 6.27. The number of benzene rings is 1. The lowest BCUT2D eigenvalue weighted by Crippen LogP contribution is -2.37. The average Bonchev–Trinajstić information content (AvgIpc) is 2.90.